The van der Waals surface area contributed by atoms with Crippen LogP contribution in [0, 0.1) is 0 Å². The Bertz CT molecular complexity index is 777. The fraction of sp³-hybridized carbons (Fsp3) is 0.222. The molecule has 3 rings (SSSR count). The Morgan fingerprint density at radius 1 is 1.22 bits per heavy atom. The van der Waals surface area contributed by atoms with E-state index in [1.807, 2.05) is 42.5 Å². The Kier molecular flexibility index (Phi) is 4.28. The first-order valence-electron chi connectivity index (χ1n) is 7.60. The molecule has 0 fully saturated rings. The van der Waals surface area contributed by atoms with Gasteiger partial charge in [0.15, 0.2) is 0 Å². The monoisotopic (exact) mass is 310 g/mol. The maximum atomic E-state index is 12.4. The molecule has 1 amide bonds. The first kappa shape index (κ1) is 15.1. The zero-order chi connectivity index (χ0) is 16.2. The van der Waals surface area contributed by atoms with Gasteiger partial charge in [-0.3, -0.25) is 4.79 Å². The predicted molar refractivity (Wildman–Crippen MR) is 88.8 cm³/mol. The number of carbonyl (C=O) groups is 2. The summed E-state index contributed by atoms with van der Waals surface area (Å²) in [6.07, 6.45) is 1.91. The van der Waals surface area contributed by atoms with Crippen molar-refractivity contribution in [3.63, 3.8) is 0 Å². The molecule has 0 aliphatic carbocycles. The Morgan fingerprint density at radius 2 is 2.00 bits per heavy atom. The Hall–Kier alpha value is -2.82. The summed E-state index contributed by atoms with van der Waals surface area (Å²) >= 11 is 0. The van der Waals surface area contributed by atoms with E-state index in [9.17, 15) is 9.59 Å². The SMILES string of the molecule is CCOC(=O)C1CC(C(=O)Nc2cccc3ccccc23)=CN1. The van der Waals surface area contributed by atoms with Gasteiger partial charge in [-0.1, -0.05) is 36.4 Å². The molecule has 5 heteroatoms. The van der Waals surface area contributed by atoms with Crippen LogP contribution in [0.3, 0.4) is 0 Å². The standard InChI is InChI=1S/C18H18N2O3/c1-2-23-18(22)16-10-13(11-19-16)17(21)20-15-9-5-7-12-6-3-4-8-14(12)15/h3-9,11,16,19H,2,10H2,1H3,(H,20,21). The number of esters is 1. The average molecular weight is 310 g/mol. The first-order valence-corrected chi connectivity index (χ1v) is 7.60. The van der Waals surface area contributed by atoms with Crippen molar-refractivity contribution in [1.29, 1.82) is 0 Å². The molecule has 1 aliphatic heterocycles. The van der Waals surface area contributed by atoms with Crippen molar-refractivity contribution in [3.8, 4) is 0 Å². The van der Waals surface area contributed by atoms with Crippen LogP contribution in [0.4, 0.5) is 5.69 Å². The molecule has 0 aromatic heterocycles. The van der Waals surface area contributed by atoms with E-state index in [-0.39, 0.29) is 11.9 Å². The second kappa shape index (κ2) is 6.52. The molecule has 1 unspecified atom stereocenters. The van der Waals surface area contributed by atoms with Crippen molar-refractivity contribution in [2.24, 2.45) is 0 Å². The summed E-state index contributed by atoms with van der Waals surface area (Å²) in [4.78, 5) is 24.1. The van der Waals surface area contributed by atoms with Crippen LogP contribution < -0.4 is 10.6 Å². The van der Waals surface area contributed by atoms with Gasteiger partial charge in [0, 0.05) is 29.3 Å². The van der Waals surface area contributed by atoms with E-state index >= 15 is 0 Å². The van der Waals surface area contributed by atoms with E-state index in [4.69, 9.17) is 4.74 Å². The highest BCUT2D eigenvalue weighted by atomic mass is 16.5. The molecule has 1 atom stereocenters. The number of hydrogen-bond acceptors (Lipinski definition) is 4. The van der Waals surface area contributed by atoms with Crippen molar-refractivity contribution < 1.29 is 14.3 Å². The molecule has 0 radical (unpaired) electrons. The normalized spacial score (nSPS) is 16.6. The number of nitrogens with one attached hydrogen (secondary N) is 2. The minimum Gasteiger partial charge on any atom is -0.464 e. The van der Waals surface area contributed by atoms with Crippen molar-refractivity contribution in [3.05, 3.63) is 54.2 Å². The van der Waals surface area contributed by atoms with E-state index in [2.05, 4.69) is 10.6 Å². The van der Waals surface area contributed by atoms with Crippen LogP contribution in [-0.2, 0) is 14.3 Å². The van der Waals surface area contributed by atoms with Crippen molar-refractivity contribution in [2.75, 3.05) is 11.9 Å². The molecule has 1 heterocycles. The van der Waals surface area contributed by atoms with Gasteiger partial charge in [0.2, 0.25) is 0 Å². The Balaban J connectivity index is 1.71. The Morgan fingerprint density at radius 3 is 2.83 bits per heavy atom. The summed E-state index contributed by atoms with van der Waals surface area (Å²) in [6, 6.07) is 13.1. The van der Waals surface area contributed by atoms with Crippen LogP contribution in [0.15, 0.2) is 54.2 Å². The van der Waals surface area contributed by atoms with E-state index in [1.54, 1.807) is 13.1 Å². The quantitative estimate of drug-likeness (QED) is 0.852. The lowest BCUT2D eigenvalue weighted by Gasteiger charge is -2.11. The Labute approximate surface area is 134 Å². The topological polar surface area (TPSA) is 67.4 Å². The molecule has 2 N–H and O–H groups in total. The van der Waals surface area contributed by atoms with Crippen LogP contribution >= 0.6 is 0 Å². The predicted octanol–water partition coefficient (Wildman–Crippen LogP) is 2.59. The van der Waals surface area contributed by atoms with Crippen LogP contribution in [0.1, 0.15) is 13.3 Å². The van der Waals surface area contributed by atoms with E-state index in [0.29, 0.717) is 18.6 Å². The smallest absolute Gasteiger partial charge is 0.328 e. The molecule has 2 aromatic rings. The van der Waals surface area contributed by atoms with Gasteiger partial charge in [0.05, 0.1) is 6.61 Å². The van der Waals surface area contributed by atoms with Gasteiger partial charge in [-0.15, -0.1) is 0 Å². The number of ether oxygens (including phenoxy) is 1. The number of amides is 1. The lowest BCUT2D eigenvalue weighted by molar-refractivity contribution is -0.145. The van der Waals surface area contributed by atoms with Crippen LogP contribution in [0.25, 0.3) is 10.8 Å². The highest BCUT2D eigenvalue weighted by Crippen LogP contribution is 2.24. The number of carbonyl (C=O) groups excluding carboxylic acids is 2. The lowest BCUT2D eigenvalue weighted by atomic mass is 10.1. The molecule has 0 bridgehead atoms. The van der Waals surface area contributed by atoms with Gasteiger partial charge in [-0.2, -0.15) is 0 Å². The van der Waals surface area contributed by atoms with Gasteiger partial charge in [-0.05, 0) is 18.4 Å². The largest absolute Gasteiger partial charge is 0.464 e. The molecule has 0 saturated heterocycles. The summed E-state index contributed by atoms with van der Waals surface area (Å²) in [6.45, 7) is 2.09. The zero-order valence-corrected chi connectivity index (χ0v) is 12.8. The maximum Gasteiger partial charge on any atom is 0.328 e. The van der Waals surface area contributed by atoms with Crippen molar-refractivity contribution in [2.45, 2.75) is 19.4 Å². The molecule has 2 aromatic carbocycles. The first-order chi connectivity index (χ1) is 11.2. The molecular formula is C18H18N2O3. The summed E-state index contributed by atoms with van der Waals surface area (Å²) in [5, 5.41) is 7.86. The molecule has 5 nitrogen and oxygen atoms in total. The number of benzene rings is 2. The summed E-state index contributed by atoms with van der Waals surface area (Å²) < 4.78 is 4.96. The van der Waals surface area contributed by atoms with Gasteiger partial charge in [0.25, 0.3) is 5.91 Å². The molecular weight excluding hydrogens is 292 g/mol. The number of rotatable bonds is 4. The third-order valence-electron chi connectivity index (χ3n) is 3.78. The fourth-order valence-electron chi connectivity index (χ4n) is 2.63. The third kappa shape index (κ3) is 3.18. The summed E-state index contributed by atoms with van der Waals surface area (Å²) in [5.74, 6) is -0.544. The lowest BCUT2D eigenvalue weighted by Crippen LogP contribution is -2.31. The molecule has 0 saturated carbocycles. The number of anilines is 1. The fourth-order valence-corrected chi connectivity index (χ4v) is 2.63. The number of hydrogen-bond donors (Lipinski definition) is 2. The van der Waals surface area contributed by atoms with Crippen LogP contribution in [0.5, 0.6) is 0 Å². The highest BCUT2D eigenvalue weighted by molar-refractivity contribution is 6.09. The van der Waals surface area contributed by atoms with E-state index in [0.717, 1.165) is 16.5 Å². The van der Waals surface area contributed by atoms with Crippen LogP contribution in [0.2, 0.25) is 0 Å². The van der Waals surface area contributed by atoms with Gasteiger partial charge < -0.3 is 15.4 Å². The molecule has 1 aliphatic rings. The van der Waals surface area contributed by atoms with Crippen LogP contribution in [-0.4, -0.2) is 24.5 Å². The minimum atomic E-state index is -0.483. The summed E-state index contributed by atoms with van der Waals surface area (Å²) in [7, 11) is 0. The third-order valence-corrected chi connectivity index (χ3v) is 3.78. The molecule has 118 valence electrons. The second-order valence-corrected chi connectivity index (χ2v) is 5.33. The average Bonchev–Trinajstić information content (AvgIpc) is 3.06. The molecule has 0 spiro atoms. The van der Waals surface area contributed by atoms with Crippen molar-refractivity contribution in [1.82, 2.24) is 5.32 Å². The molecule has 23 heavy (non-hydrogen) atoms. The second-order valence-electron chi connectivity index (χ2n) is 5.33. The zero-order valence-electron chi connectivity index (χ0n) is 12.8. The van der Waals surface area contributed by atoms with Gasteiger partial charge >= 0.3 is 5.97 Å². The highest BCUT2D eigenvalue weighted by Gasteiger charge is 2.28. The van der Waals surface area contributed by atoms with Crippen molar-refractivity contribution >= 4 is 28.3 Å². The van der Waals surface area contributed by atoms with E-state index in [1.165, 1.54) is 0 Å². The van der Waals surface area contributed by atoms with Gasteiger partial charge in [0.1, 0.15) is 6.04 Å². The van der Waals surface area contributed by atoms with E-state index < -0.39 is 6.04 Å². The summed E-state index contributed by atoms with van der Waals surface area (Å²) in [5.41, 5.74) is 1.30. The number of fused-ring (bicyclic) bond motifs is 1. The maximum absolute atomic E-state index is 12.4. The minimum absolute atomic E-state index is 0.208. The van der Waals surface area contributed by atoms with Gasteiger partial charge in [-0.25, -0.2) is 4.79 Å².